The maximum atomic E-state index is 14.9. The van der Waals surface area contributed by atoms with Crippen LogP contribution in [-0.2, 0) is 97.7 Å². The molecule has 7 rings (SSSR count). The monoisotopic (exact) mass is 1770 g/mol. The zero-order valence-electron chi connectivity index (χ0n) is 68.6. The number of pyridine rings is 1. The molecule has 1 aromatic heterocycles. The van der Waals surface area contributed by atoms with Crippen LogP contribution in [0.4, 0.5) is 5.82 Å². The number of azo groups is 1. The summed E-state index contributed by atoms with van der Waals surface area (Å²) < 4.78 is 29.7. The lowest BCUT2D eigenvalue weighted by molar-refractivity contribution is -0.141. The van der Waals surface area contributed by atoms with Crippen LogP contribution in [0.3, 0.4) is 0 Å². The Labute approximate surface area is 724 Å². The van der Waals surface area contributed by atoms with Gasteiger partial charge in [0.2, 0.25) is 76.8 Å². The van der Waals surface area contributed by atoms with E-state index >= 15 is 0 Å². The SMILES string of the molecule is N=C(N)NCCC[C@@H]1NC(=O)[C@H](CCCCNC(=O)CCC(NC(=O)[C@H](Cc2ccccc2)NC(=O)c2ccc(N=NCc3ccccc3S(O)(O)O)nc2)C(=O)NCCCC[C@@H]2NC(=O)[C@@H](Cc3ccccc3)NC(=O)[C@H](CC(=O)O)NC(=O)CNC(=O)[C@H](CCCNC(=N)N)NC2=O)NC(=O)[C@@H](Cc2ccccc2)NC(=O)[C@H](CC(=O)O)NC(=O)CNC1=O. The fourth-order valence-corrected chi connectivity index (χ4v) is 13.9. The molecule has 0 bridgehead atoms. The zero-order chi connectivity index (χ0) is 91.7. The van der Waals surface area contributed by atoms with Crippen LogP contribution in [0.15, 0.2) is 149 Å². The molecule has 2 fully saturated rings. The van der Waals surface area contributed by atoms with Crippen LogP contribution >= 0.6 is 10.9 Å². The number of aromatic nitrogens is 1. The lowest BCUT2D eigenvalue weighted by atomic mass is 10.0. The molecule has 126 heavy (non-hydrogen) atoms. The van der Waals surface area contributed by atoms with Gasteiger partial charge in [0.1, 0.15) is 71.3 Å². The van der Waals surface area contributed by atoms with Gasteiger partial charge in [0, 0.05) is 58.1 Å². The summed E-state index contributed by atoms with van der Waals surface area (Å²) >= 11 is 0. The Kier molecular flexibility index (Phi) is 40.2. The summed E-state index contributed by atoms with van der Waals surface area (Å²) in [6, 6.07) is 18.3. The Morgan fingerprint density at radius 2 is 0.865 bits per heavy atom. The summed E-state index contributed by atoms with van der Waals surface area (Å²) in [4.78, 5) is 225. The van der Waals surface area contributed by atoms with Gasteiger partial charge in [-0.15, -0.1) is 5.11 Å². The molecular formula is C81H107N23O21S. The molecule has 4 aromatic carbocycles. The van der Waals surface area contributed by atoms with E-state index in [9.17, 15) is 101 Å². The maximum absolute atomic E-state index is 14.9. The molecule has 44 nitrogen and oxygen atoms in total. The van der Waals surface area contributed by atoms with Gasteiger partial charge in [0.25, 0.3) is 5.91 Å². The number of rotatable bonds is 40. The number of guanidine groups is 2. The molecular weight excluding hydrogens is 1660 g/mol. The minimum Gasteiger partial charge on any atom is -0.481 e. The van der Waals surface area contributed by atoms with Crippen LogP contribution in [0.1, 0.15) is 123 Å². The lowest BCUT2D eigenvalue weighted by Crippen LogP contribution is -2.58. The molecule has 678 valence electrons. The maximum Gasteiger partial charge on any atom is 0.305 e. The Hall–Kier alpha value is -14.1. The molecule has 3 heterocycles. The number of unbranched alkanes of at least 4 members (excludes halogenated alkanes) is 2. The second-order valence-corrected chi connectivity index (χ2v) is 30.9. The van der Waals surface area contributed by atoms with Crippen molar-refractivity contribution in [2.24, 2.45) is 21.7 Å². The first-order valence-electron chi connectivity index (χ1n) is 40.4. The van der Waals surface area contributed by atoms with Gasteiger partial charge in [-0.2, -0.15) is 5.11 Å². The van der Waals surface area contributed by atoms with E-state index in [0.29, 0.717) is 16.7 Å². The summed E-state index contributed by atoms with van der Waals surface area (Å²) in [5.74, 6) is -16.6. The van der Waals surface area contributed by atoms with Gasteiger partial charge >= 0.3 is 11.9 Å². The van der Waals surface area contributed by atoms with E-state index in [1.165, 1.54) is 30.3 Å². The second kappa shape index (κ2) is 51.1. The first-order valence-corrected chi connectivity index (χ1v) is 41.9. The number of nitrogens with two attached hydrogens (primary N) is 2. The van der Waals surface area contributed by atoms with Gasteiger partial charge in [-0.3, -0.25) is 87.5 Å². The van der Waals surface area contributed by atoms with Crippen molar-refractivity contribution in [2.75, 3.05) is 39.3 Å². The topological polar surface area (TPSA) is 704 Å². The van der Waals surface area contributed by atoms with Crippen molar-refractivity contribution >= 4 is 123 Å². The molecule has 2 aliphatic rings. The number of nitrogens with one attached hydrogen (secondary N) is 18. The lowest BCUT2D eigenvalue weighted by Gasteiger charge is -2.26. The van der Waals surface area contributed by atoms with E-state index < -0.39 is 211 Å². The van der Waals surface area contributed by atoms with Crippen LogP contribution < -0.4 is 96.5 Å². The Morgan fingerprint density at radius 3 is 1.32 bits per heavy atom. The summed E-state index contributed by atoms with van der Waals surface area (Å²) in [5.41, 5.74) is 12.7. The fourth-order valence-electron chi connectivity index (χ4n) is 13.1. The number of carboxylic acid groups (broad SMARTS) is 2. The predicted molar refractivity (Wildman–Crippen MR) is 453 cm³/mol. The number of amides is 14. The van der Waals surface area contributed by atoms with E-state index in [1.807, 2.05) is 0 Å². The summed E-state index contributed by atoms with van der Waals surface area (Å²) in [6.07, 6.45) is -2.33. The predicted octanol–water partition coefficient (Wildman–Crippen LogP) is -1.77. The summed E-state index contributed by atoms with van der Waals surface area (Å²) in [7, 11) is -4.10. The molecule has 0 saturated carbocycles. The van der Waals surface area contributed by atoms with Crippen molar-refractivity contribution in [3.8, 4) is 0 Å². The van der Waals surface area contributed by atoms with E-state index in [-0.39, 0.29) is 144 Å². The van der Waals surface area contributed by atoms with Crippen molar-refractivity contribution in [3.63, 3.8) is 0 Å². The third kappa shape index (κ3) is 35.4. The molecule has 2 aliphatic heterocycles. The Balaban J connectivity index is 1.12. The van der Waals surface area contributed by atoms with Crippen LogP contribution in [0, 0.1) is 10.8 Å². The Morgan fingerprint density at radius 1 is 0.452 bits per heavy atom. The largest absolute Gasteiger partial charge is 0.481 e. The number of carbonyl (C=O) groups excluding carboxylic acids is 14. The highest BCUT2D eigenvalue weighted by molar-refractivity contribution is 8.19. The number of hydrogen-bond donors (Lipinski definition) is 25. The number of benzene rings is 4. The number of carbonyl (C=O) groups is 16. The Bertz CT molecular complexity index is 4670. The third-order valence-electron chi connectivity index (χ3n) is 19.6. The van der Waals surface area contributed by atoms with Gasteiger partial charge in [0.15, 0.2) is 17.7 Å². The van der Waals surface area contributed by atoms with Crippen molar-refractivity contribution in [2.45, 2.75) is 181 Å². The first kappa shape index (κ1) is 99.0. The van der Waals surface area contributed by atoms with E-state index in [2.05, 4.69) is 100 Å². The highest BCUT2D eigenvalue weighted by atomic mass is 32.3. The first-order chi connectivity index (χ1) is 60.2. The van der Waals surface area contributed by atoms with Gasteiger partial charge in [-0.05, 0) is 111 Å². The molecule has 2 saturated heterocycles. The van der Waals surface area contributed by atoms with Gasteiger partial charge in [-0.25, -0.2) is 4.98 Å². The highest BCUT2D eigenvalue weighted by Gasteiger charge is 2.37. The minimum atomic E-state index is -4.10. The van der Waals surface area contributed by atoms with Gasteiger partial charge in [-0.1, -0.05) is 109 Å². The molecule has 27 N–H and O–H groups in total. The smallest absolute Gasteiger partial charge is 0.305 e. The summed E-state index contributed by atoms with van der Waals surface area (Å²) in [5, 5.41) is 83.7. The molecule has 5 aromatic rings. The quantitative estimate of drug-likeness (QED) is 0.00893. The standard InChI is InChI=1S/C81H107N23O21S/c82-80(83)88-36-16-27-52-71(114)91-45-65(106)94-60(41-67(108)109)78(121)102-58(39-48-20-6-2-7-21-48)76(119)98-54(73(116)96-52)25-12-14-34-86-64(105)33-31-56(100-75(118)57(38-47-18-4-1-5-19-47)101-69(112)51-30-32-63(90-43-51)104-93-44-50-24-10-11-29-62(50)126(123,124)125)70(113)87-35-15-13-26-55-74(117)97-53(28-17-37-89-81(84)85)72(115)92-46-66(107)95-61(42-68(110)111)79(122)103-59(77(120)99-55)40-49-22-8-3-9-23-49/h1-11,18-24,29-30,32,43,52-61,123-125H,12-17,25-28,31,33-42,44-46H2,(H,86,105)(H,87,113)(H,91,114)(H,92,115)(H,94,106)(H,95,107)(H,96,116)(H,97,117)(H,98,119)(H,99,120)(H,100,118)(H,101,112)(H,102,121)(H,103,122)(H,108,109)(H,110,111)(H4,82,83,88)(H4,84,85,89)/t52-,53-,54-,55-,56?,57-,58+,59+,60-,61-/m0/s1. The molecule has 1 unspecified atom stereocenters. The minimum absolute atomic E-state index is 0.00707. The normalized spacial score (nSPS) is 19.5. The summed E-state index contributed by atoms with van der Waals surface area (Å²) in [6.45, 7) is -1.95. The van der Waals surface area contributed by atoms with Crippen LogP contribution in [0.2, 0.25) is 0 Å². The van der Waals surface area contributed by atoms with Crippen molar-refractivity contribution in [3.05, 3.63) is 161 Å². The molecule has 0 radical (unpaired) electrons. The number of nitrogens with zero attached hydrogens (tertiary/aromatic N) is 3. The number of carboxylic acids is 2. The van der Waals surface area contributed by atoms with Crippen LogP contribution in [-0.4, -0.2) is 235 Å². The van der Waals surface area contributed by atoms with Gasteiger partial charge in [0.05, 0.1) is 42.9 Å². The molecule has 0 spiro atoms. The van der Waals surface area contributed by atoms with Crippen LogP contribution in [0.25, 0.3) is 0 Å². The van der Waals surface area contributed by atoms with Crippen molar-refractivity contribution in [1.82, 2.24) is 90.1 Å². The molecule has 0 aliphatic carbocycles. The number of hydrogen-bond acceptors (Lipinski definition) is 24. The molecule has 14 amide bonds. The van der Waals surface area contributed by atoms with E-state index in [1.54, 1.807) is 97.1 Å². The van der Waals surface area contributed by atoms with Crippen LogP contribution in [0.5, 0.6) is 0 Å². The zero-order valence-corrected chi connectivity index (χ0v) is 69.4. The highest BCUT2D eigenvalue weighted by Crippen LogP contribution is 2.45. The van der Waals surface area contributed by atoms with E-state index in [4.69, 9.17) is 22.3 Å². The third-order valence-corrected chi connectivity index (χ3v) is 20.6. The second-order valence-electron chi connectivity index (χ2n) is 29.5. The van der Waals surface area contributed by atoms with Crippen molar-refractivity contribution < 1.29 is 101 Å². The molecule has 45 heteroatoms. The average molecular weight is 1770 g/mol. The average Bonchev–Trinajstić information content (AvgIpc) is 0.988. The van der Waals surface area contributed by atoms with Crippen molar-refractivity contribution in [1.29, 1.82) is 10.8 Å². The van der Waals surface area contributed by atoms with E-state index in [0.717, 1.165) is 6.20 Å². The van der Waals surface area contributed by atoms with Gasteiger partial charge < -0.3 is 120 Å². The fraction of sp³-hybridized carbons (Fsp3) is 0.420. The molecule has 10 atom stereocenters. The number of aliphatic carboxylic acids is 2.